The summed E-state index contributed by atoms with van der Waals surface area (Å²) >= 11 is 4.30. The Morgan fingerprint density at radius 2 is 0.944 bits per heavy atom. The Bertz CT molecular complexity index is 923. The third kappa shape index (κ3) is 7.78. The van der Waals surface area contributed by atoms with Gasteiger partial charge in [0.25, 0.3) is 0 Å². The van der Waals surface area contributed by atoms with Crippen LogP contribution in [-0.2, 0) is 10.3 Å². The van der Waals surface area contributed by atoms with Crippen LogP contribution >= 0.6 is 12.6 Å². The smallest absolute Gasteiger partial charge is 0.143 e. The van der Waals surface area contributed by atoms with E-state index >= 15 is 0 Å². The van der Waals surface area contributed by atoms with E-state index in [1.54, 1.807) is 14.2 Å². The van der Waals surface area contributed by atoms with E-state index in [0.717, 1.165) is 40.4 Å². The minimum absolute atomic E-state index is 0.689. The molecule has 0 fully saturated rings. The second kappa shape index (κ2) is 15.6. The lowest BCUT2D eigenvalue weighted by molar-refractivity contribution is 0.0106. The summed E-state index contributed by atoms with van der Waals surface area (Å²) in [6.45, 7) is 0.689. The summed E-state index contributed by atoms with van der Waals surface area (Å²) in [6, 6.07) is 27.0. The Labute approximate surface area is 223 Å². The molecule has 0 bridgehead atoms. The van der Waals surface area contributed by atoms with E-state index in [4.69, 9.17) is 14.2 Å². The molecule has 0 aromatic heterocycles. The van der Waals surface area contributed by atoms with Gasteiger partial charge in [-0.2, -0.15) is 12.6 Å². The molecule has 0 spiro atoms. The molecular formula is C32H42O3S. The van der Waals surface area contributed by atoms with Crippen LogP contribution in [0, 0.1) is 0 Å². The number of ether oxygens (including phenoxy) is 3. The van der Waals surface area contributed by atoms with E-state index in [9.17, 15) is 0 Å². The quantitative estimate of drug-likeness (QED) is 0.113. The average Bonchev–Trinajstić information content (AvgIpc) is 2.94. The Morgan fingerprint density at radius 1 is 0.528 bits per heavy atom. The number of rotatable bonds is 17. The first-order chi connectivity index (χ1) is 17.7. The molecule has 0 N–H and O–H groups in total. The predicted octanol–water partition coefficient (Wildman–Crippen LogP) is 8.45. The summed E-state index contributed by atoms with van der Waals surface area (Å²) in [7, 11) is 3.39. The number of unbranched alkanes of at least 4 members (excludes halogenated alkanes) is 8. The largest absolute Gasteiger partial charge is 0.497 e. The predicted molar refractivity (Wildman–Crippen MR) is 154 cm³/mol. The molecular weight excluding hydrogens is 464 g/mol. The van der Waals surface area contributed by atoms with Crippen molar-refractivity contribution >= 4 is 12.6 Å². The van der Waals surface area contributed by atoms with E-state index in [-0.39, 0.29) is 0 Å². The normalized spacial score (nSPS) is 11.4. The molecule has 0 unspecified atom stereocenters. The lowest BCUT2D eigenvalue weighted by atomic mass is 9.80. The van der Waals surface area contributed by atoms with Gasteiger partial charge in [0.15, 0.2) is 0 Å². The van der Waals surface area contributed by atoms with Crippen molar-refractivity contribution in [2.45, 2.75) is 63.4 Å². The monoisotopic (exact) mass is 506 g/mol. The van der Waals surface area contributed by atoms with Crippen molar-refractivity contribution in [2.24, 2.45) is 0 Å². The fourth-order valence-electron chi connectivity index (χ4n) is 4.75. The first-order valence-corrected chi connectivity index (χ1v) is 14.0. The van der Waals surface area contributed by atoms with Gasteiger partial charge in [-0.05, 0) is 59.6 Å². The number of benzene rings is 3. The molecule has 0 amide bonds. The summed E-state index contributed by atoms with van der Waals surface area (Å²) < 4.78 is 17.8. The molecule has 0 radical (unpaired) electrons. The maximum Gasteiger partial charge on any atom is 0.143 e. The molecule has 0 saturated carbocycles. The molecule has 4 heteroatoms. The molecule has 0 aliphatic heterocycles. The number of methoxy groups -OCH3 is 2. The minimum atomic E-state index is -0.715. The second-order valence-electron chi connectivity index (χ2n) is 9.26. The Kier molecular flexibility index (Phi) is 12.2. The number of hydrogen-bond donors (Lipinski definition) is 1. The molecule has 0 saturated heterocycles. The van der Waals surface area contributed by atoms with Crippen LogP contribution in [0.15, 0.2) is 78.9 Å². The van der Waals surface area contributed by atoms with Crippen LogP contribution in [0.1, 0.15) is 74.5 Å². The average molecular weight is 507 g/mol. The Balaban J connectivity index is 1.75. The molecule has 0 aliphatic rings. The molecule has 3 aromatic carbocycles. The molecule has 3 nitrogen and oxygen atoms in total. The maximum atomic E-state index is 6.92. The Morgan fingerprint density at radius 3 is 1.39 bits per heavy atom. The number of thiol groups is 1. The fourth-order valence-corrected chi connectivity index (χ4v) is 4.97. The SMILES string of the molecule is COc1ccc(C(OCCCCCCCCCCCS)(c2ccccc2)c2ccc(OC)cc2)cc1. The van der Waals surface area contributed by atoms with E-state index in [1.165, 1.54) is 51.4 Å². The van der Waals surface area contributed by atoms with Crippen molar-refractivity contribution in [3.05, 3.63) is 95.6 Å². The van der Waals surface area contributed by atoms with Crippen LogP contribution in [0.25, 0.3) is 0 Å². The van der Waals surface area contributed by atoms with Crippen LogP contribution in [0.2, 0.25) is 0 Å². The third-order valence-electron chi connectivity index (χ3n) is 6.79. The van der Waals surface area contributed by atoms with Crippen molar-refractivity contribution in [3.8, 4) is 11.5 Å². The van der Waals surface area contributed by atoms with Gasteiger partial charge in [-0.3, -0.25) is 0 Å². The third-order valence-corrected chi connectivity index (χ3v) is 7.11. The van der Waals surface area contributed by atoms with Crippen molar-refractivity contribution in [1.29, 1.82) is 0 Å². The van der Waals surface area contributed by atoms with Gasteiger partial charge in [0.2, 0.25) is 0 Å². The van der Waals surface area contributed by atoms with Gasteiger partial charge >= 0.3 is 0 Å². The van der Waals surface area contributed by atoms with Crippen LogP contribution < -0.4 is 9.47 Å². The van der Waals surface area contributed by atoms with E-state index in [2.05, 4.69) is 67.2 Å². The van der Waals surface area contributed by atoms with Crippen molar-refractivity contribution < 1.29 is 14.2 Å². The van der Waals surface area contributed by atoms with Gasteiger partial charge in [0, 0.05) is 6.61 Å². The van der Waals surface area contributed by atoms with E-state index < -0.39 is 5.60 Å². The zero-order chi connectivity index (χ0) is 25.5. The molecule has 0 atom stereocenters. The molecule has 194 valence electrons. The second-order valence-corrected chi connectivity index (χ2v) is 9.71. The standard InChI is InChI=1S/C32H42O3S/c1-33-30-21-17-28(18-22-30)32(27-15-11-10-12-16-27,29-19-23-31(34-2)24-20-29)35-25-13-8-6-4-3-5-7-9-14-26-36/h10-12,15-24,36H,3-9,13-14,25-26H2,1-2H3. The first kappa shape index (κ1) is 28.1. The molecule has 3 aromatic rings. The summed E-state index contributed by atoms with van der Waals surface area (Å²) in [4.78, 5) is 0. The van der Waals surface area contributed by atoms with Gasteiger partial charge < -0.3 is 14.2 Å². The van der Waals surface area contributed by atoms with Crippen LogP contribution in [0.3, 0.4) is 0 Å². The summed E-state index contributed by atoms with van der Waals surface area (Å²) in [5.41, 5.74) is 2.57. The minimum Gasteiger partial charge on any atom is -0.497 e. The van der Waals surface area contributed by atoms with Crippen LogP contribution in [-0.4, -0.2) is 26.6 Å². The molecule has 0 aliphatic carbocycles. The molecule has 3 rings (SSSR count). The van der Waals surface area contributed by atoms with Gasteiger partial charge in [-0.1, -0.05) is 99.5 Å². The lowest BCUT2D eigenvalue weighted by Gasteiger charge is -2.36. The molecule has 36 heavy (non-hydrogen) atoms. The highest BCUT2D eigenvalue weighted by Crippen LogP contribution is 2.41. The highest BCUT2D eigenvalue weighted by atomic mass is 32.1. The van der Waals surface area contributed by atoms with Gasteiger partial charge in [-0.25, -0.2) is 0 Å². The highest BCUT2D eigenvalue weighted by molar-refractivity contribution is 7.80. The zero-order valence-electron chi connectivity index (χ0n) is 22.0. The summed E-state index contributed by atoms with van der Waals surface area (Å²) in [5, 5.41) is 0. The van der Waals surface area contributed by atoms with E-state index in [1.807, 2.05) is 24.3 Å². The van der Waals surface area contributed by atoms with Gasteiger partial charge in [0.05, 0.1) is 14.2 Å². The fraction of sp³-hybridized carbons (Fsp3) is 0.438. The van der Waals surface area contributed by atoms with Crippen molar-refractivity contribution in [3.63, 3.8) is 0 Å². The first-order valence-electron chi connectivity index (χ1n) is 13.3. The topological polar surface area (TPSA) is 27.7 Å². The number of hydrogen-bond acceptors (Lipinski definition) is 4. The van der Waals surface area contributed by atoms with Gasteiger partial charge in [0.1, 0.15) is 17.1 Å². The van der Waals surface area contributed by atoms with Crippen molar-refractivity contribution in [1.82, 2.24) is 0 Å². The summed E-state index contributed by atoms with van der Waals surface area (Å²) in [5.74, 6) is 2.68. The van der Waals surface area contributed by atoms with Gasteiger partial charge in [-0.15, -0.1) is 0 Å². The highest BCUT2D eigenvalue weighted by Gasteiger charge is 2.37. The zero-order valence-corrected chi connectivity index (χ0v) is 22.9. The molecule has 0 heterocycles. The maximum absolute atomic E-state index is 6.92. The van der Waals surface area contributed by atoms with Crippen LogP contribution in [0.4, 0.5) is 0 Å². The lowest BCUT2D eigenvalue weighted by Crippen LogP contribution is -2.33. The van der Waals surface area contributed by atoms with Crippen LogP contribution in [0.5, 0.6) is 11.5 Å². The Hall–Kier alpha value is -2.43. The van der Waals surface area contributed by atoms with Crippen molar-refractivity contribution in [2.75, 3.05) is 26.6 Å². The van der Waals surface area contributed by atoms with E-state index in [0.29, 0.717) is 6.61 Å². The summed E-state index contributed by atoms with van der Waals surface area (Å²) in [6.07, 6.45) is 11.4.